The second kappa shape index (κ2) is 6.59. The molecule has 0 bridgehead atoms. The predicted molar refractivity (Wildman–Crippen MR) is 73.4 cm³/mol. The van der Waals surface area contributed by atoms with Crippen molar-refractivity contribution in [3.63, 3.8) is 0 Å². The summed E-state index contributed by atoms with van der Waals surface area (Å²) in [4.78, 5) is 15.0. The lowest BCUT2D eigenvalue weighted by molar-refractivity contribution is 0.0691. The summed E-state index contributed by atoms with van der Waals surface area (Å²) in [5, 5.41) is 12.3. The third-order valence-electron chi connectivity index (χ3n) is 3.18. The van der Waals surface area contributed by atoms with Gasteiger partial charge in [0.1, 0.15) is 5.82 Å². The van der Waals surface area contributed by atoms with E-state index in [0.29, 0.717) is 11.7 Å². The zero-order valence-electron chi connectivity index (χ0n) is 10.9. The van der Waals surface area contributed by atoms with Gasteiger partial charge < -0.3 is 10.4 Å². The van der Waals surface area contributed by atoms with Crippen molar-refractivity contribution in [2.75, 3.05) is 5.32 Å². The van der Waals surface area contributed by atoms with Gasteiger partial charge in [-0.1, -0.05) is 38.3 Å². The third-order valence-corrected chi connectivity index (χ3v) is 3.48. The van der Waals surface area contributed by atoms with Gasteiger partial charge in [0.15, 0.2) is 5.69 Å². The first-order valence-corrected chi connectivity index (χ1v) is 6.53. The van der Waals surface area contributed by atoms with Crippen molar-refractivity contribution in [2.45, 2.75) is 39.7 Å². The van der Waals surface area contributed by atoms with Crippen molar-refractivity contribution in [3.8, 4) is 0 Å². The highest BCUT2D eigenvalue weighted by Gasteiger charge is 2.16. The van der Waals surface area contributed by atoms with Gasteiger partial charge in [0.2, 0.25) is 0 Å². The first kappa shape index (κ1) is 14.8. The Kier molecular flexibility index (Phi) is 5.41. The summed E-state index contributed by atoms with van der Waals surface area (Å²) in [5.74, 6) is -0.0224. The van der Waals surface area contributed by atoms with Gasteiger partial charge in [-0.2, -0.15) is 0 Å². The SMILES string of the molecule is CCC(CC)C(C)Nc1ccc(Cl)c(C(=O)O)n1. The molecule has 0 fully saturated rings. The third kappa shape index (κ3) is 3.60. The van der Waals surface area contributed by atoms with Crippen LogP contribution in [-0.2, 0) is 0 Å². The van der Waals surface area contributed by atoms with Gasteiger partial charge in [-0.3, -0.25) is 0 Å². The van der Waals surface area contributed by atoms with E-state index >= 15 is 0 Å². The molecule has 1 rings (SSSR count). The summed E-state index contributed by atoms with van der Waals surface area (Å²) in [6.07, 6.45) is 2.15. The number of aromatic nitrogens is 1. The molecule has 4 nitrogen and oxygen atoms in total. The van der Waals surface area contributed by atoms with E-state index in [1.54, 1.807) is 12.1 Å². The fourth-order valence-corrected chi connectivity index (χ4v) is 2.21. The maximum absolute atomic E-state index is 10.9. The number of hydrogen-bond acceptors (Lipinski definition) is 3. The Hall–Kier alpha value is -1.29. The van der Waals surface area contributed by atoms with Crippen molar-refractivity contribution in [2.24, 2.45) is 5.92 Å². The van der Waals surface area contributed by atoms with Gasteiger partial charge in [0.25, 0.3) is 0 Å². The molecule has 1 aromatic rings. The number of hydrogen-bond donors (Lipinski definition) is 2. The largest absolute Gasteiger partial charge is 0.476 e. The second-order valence-corrected chi connectivity index (χ2v) is 4.75. The van der Waals surface area contributed by atoms with Gasteiger partial charge in [0.05, 0.1) is 5.02 Å². The van der Waals surface area contributed by atoms with E-state index in [1.807, 2.05) is 0 Å². The summed E-state index contributed by atoms with van der Waals surface area (Å²) in [5.41, 5.74) is -0.113. The number of carboxylic acid groups (broad SMARTS) is 1. The van der Waals surface area contributed by atoms with Crippen LogP contribution in [0.25, 0.3) is 0 Å². The molecule has 0 aliphatic heterocycles. The number of halogens is 1. The van der Waals surface area contributed by atoms with E-state index in [0.717, 1.165) is 12.8 Å². The zero-order chi connectivity index (χ0) is 13.7. The van der Waals surface area contributed by atoms with Crippen LogP contribution >= 0.6 is 11.6 Å². The van der Waals surface area contributed by atoms with Crippen LogP contribution < -0.4 is 5.32 Å². The summed E-state index contributed by atoms with van der Waals surface area (Å²) in [6.45, 7) is 6.36. The van der Waals surface area contributed by atoms with Crippen LogP contribution in [0.5, 0.6) is 0 Å². The Labute approximate surface area is 112 Å². The Morgan fingerprint density at radius 1 is 1.44 bits per heavy atom. The zero-order valence-corrected chi connectivity index (χ0v) is 11.7. The molecule has 18 heavy (non-hydrogen) atoms. The normalized spacial score (nSPS) is 12.5. The van der Waals surface area contributed by atoms with Gasteiger partial charge in [-0.25, -0.2) is 9.78 Å². The second-order valence-electron chi connectivity index (χ2n) is 4.34. The van der Waals surface area contributed by atoms with E-state index in [9.17, 15) is 4.79 Å². The van der Waals surface area contributed by atoms with Crippen molar-refractivity contribution in [1.82, 2.24) is 4.98 Å². The quantitative estimate of drug-likeness (QED) is 0.828. The first-order chi connectivity index (χ1) is 8.49. The van der Waals surface area contributed by atoms with Gasteiger partial charge in [0, 0.05) is 6.04 Å². The summed E-state index contributed by atoms with van der Waals surface area (Å²) < 4.78 is 0. The molecule has 1 atom stereocenters. The minimum absolute atomic E-state index is 0.113. The molecule has 1 heterocycles. The molecule has 1 aromatic heterocycles. The highest BCUT2D eigenvalue weighted by Crippen LogP contribution is 2.20. The average Bonchev–Trinajstić information content (AvgIpc) is 2.32. The lowest BCUT2D eigenvalue weighted by Crippen LogP contribution is -2.25. The van der Waals surface area contributed by atoms with Crippen molar-refractivity contribution in [3.05, 3.63) is 22.8 Å². The van der Waals surface area contributed by atoms with E-state index in [4.69, 9.17) is 16.7 Å². The highest BCUT2D eigenvalue weighted by atomic mass is 35.5. The van der Waals surface area contributed by atoms with E-state index in [2.05, 4.69) is 31.1 Å². The van der Waals surface area contributed by atoms with Crippen molar-refractivity contribution >= 4 is 23.4 Å². The maximum Gasteiger partial charge on any atom is 0.356 e. The molecule has 0 aliphatic rings. The van der Waals surface area contributed by atoms with Crippen LogP contribution in [0.1, 0.15) is 44.1 Å². The standard InChI is InChI=1S/C13H19ClN2O2/c1-4-9(5-2)8(3)15-11-7-6-10(14)12(16-11)13(17)18/h6-9H,4-5H2,1-3H3,(H,15,16)(H,17,18). The minimum Gasteiger partial charge on any atom is -0.476 e. The smallest absolute Gasteiger partial charge is 0.356 e. The Bertz CT molecular complexity index is 419. The van der Waals surface area contributed by atoms with Crippen molar-refractivity contribution in [1.29, 1.82) is 0 Å². The highest BCUT2D eigenvalue weighted by molar-refractivity contribution is 6.33. The van der Waals surface area contributed by atoms with E-state index < -0.39 is 5.97 Å². The molecule has 0 radical (unpaired) electrons. The Morgan fingerprint density at radius 2 is 2.06 bits per heavy atom. The van der Waals surface area contributed by atoms with Gasteiger partial charge in [-0.05, 0) is 25.0 Å². The number of carboxylic acids is 1. The molecule has 0 spiro atoms. The van der Waals surface area contributed by atoms with Crippen LogP contribution in [0.15, 0.2) is 12.1 Å². The number of nitrogens with zero attached hydrogens (tertiary/aromatic N) is 1. The molecular weight excluding hydrogens is 252 g/mol. The molecule has 0 aromatic carbocycles. The molecule has 0 saturated carbocycles. The number of anilines is 1. The van der Waals surface area contributed by atoms with Crippen LogP contribution in [0.2, 0.25) is 5.02 Å². The molecule has 5 heteroatoms. The Balaban J connectivity index is 2.85. The molecular formula is C13H19ClN2O2. The topological polar surface area (TPSA) is 62.2 Å². The van der Waals surface area contributed by atoms with Crippen molar-refractivity contribution < 1.29 is 9.90 Å². The van der Waals surface area contributed by atoms with Gasteiger partial charge in [-0.15, -0.1) is 0 Å². The number of rotatable bonds is 6. The van der Waals surface area contributed by atoms with Gasteiger partial charge >= 0.3 is 5.97 Å². The molecule has 1 unspecified atom stereocenters. The average molecular weight is 271 g/mol. The molecule has 0 saturated heterocycles. The summed E-state index contributed by atoms with van der Waals surface area (Å²) in [7, 11) is 0. The minimum atomic E-state index is -1.11. The number of pyridine rings is 1. The lowest BCUT2D eigenvalue weighted by Gasteiger charge is -2.23. The number of aromatic carboxylic acids is 1. The van der Waals surface area contributed by atoms with Crippen LogP contribution in [0.4, 0.5) is 5.82 Å². The summed E-state index contributed by atoms with van der Waals surface area (Å²) in [6, 6.07) is 3.50. The van der Waals surface area contributed by atoms with E-state index in [-0.39, 0.29) is 16.8 Å². The first-order valence-electron chi connectivity index (χ1n) is 6.15. The number of nitrogens with one attached hydrogen (secondary N) is 1. The fraction of sp³-hybridized carbons (Fsp3) is 0.538. The Morgan fingerprint density at radius 3 is 2.56 bits per heavy atom. The van der Waals surface area contributed by atoms with Crippen LogP contribution in [-0.4, -0.2) is 22.1 Å². The molecule has 2 N–H and O–H groups in total. The predicted octanol–water partition coefficient (Wildman–Crippen LogP) is 3.67. The van der Waals surface area contributed by atoms with E-state index in [1.165, 1.54) is 0 Å². The molecule has 100 valence electrons. The van der Waals surface area contributed by atoms with Crippen LogP contribution in [0.3, 0.4) is 0 Å². The fourth-order valence-electron chi connectivity index (χ4n) is 2.02. The molecule has 0 amide bonds. The lowest BCUT2D eigenvalue weighted by atomic mass is 9.95. The monoisotopic (exact) mass is 270 g/mol. The van der Waals surface area contributed by atoms with Crippen LogP contribution in [0, 0.1) is 5.92 Å². The molecule has 0 aliphatic carbocycles. The summed E-state index contributed by atoms with van der Waals surface area (Å²) >= 11 is 5.77. The maximum atomic E-state index is 10.9. The number of carbonyl (C=O) groups is 1.